The molecule has 112 valence electrons. The number of nitrogens with one attached hydrogen (secondary N) is 1. The Morgan fingerprint density at radius 1 is 1.29 bits per heavy atom. The quantitative estimate of drug-likeness (QED) is 0.469. The Morgan fingerprint density at radius 3 is 2.71 bits per heavy atom. The van der Waals surface area contributed by atoms with Gasteiger partial charge in [0.05, 0.1) is 4.88 Å². The summed E-state index contributed by atoms with van der Waals surface area (Å²) in [5.41, 5.74) is 4.41. The smallest absolute Gasteiger partial charge is 0.275 e. The van der Waals surface area contributed by atoms with Gasteiger partial charge in [-0.3, -0.25) is 10.2 Å². The Kier molecular flexibility index (Phi) is 5.78. The molecule has 1 aromatic heterocycles. The molecule has 0 aliphatic rings. The number of carbonyl (C=O) groups is 1. The molecule has 0 aliphatic heterocycles. The molecule has 0 atom stereocenters. The maximum atomic E-state index is 11.8. The monoisotopic (exact) mass is 303 g/mol. The van der Waals surface area contributed by atoms with E-state index in [1.54, 1.807) is 0 Å². The van der Waals surface area contributed by atoms with Crippen molar-refractivity contribution in [2.75, 3.05) is 11.4 Å². The summed E-state index contributed by atoms with van der Waals surface area (Å²) in [5.74, 6) is 5.03. The summed E-state index contributed by atoms with van der Waals surface area (Å²) in [6.45, 7) is 3.87. The molecule has 0 radical (unpaired) electrons. The lowest BCUT2D eigenvalue weighted by molar-refractivity contribution is 0.0957. The zero-order chi connectivity index (χ0) is 15.1. The van der Waals surface area contributed by atoms with Crippen molar-refractivity contribution in [1.29, 1.82) is 0 Å². The third-order valence-electron chi connectivity index (χ3n) is 3.35. The van der Waals surface area contributed by atoms with Crippen molar-refractivity contribution in [2.24, 2.45) is 5.84 Å². The third kappa shape index (κ3) is 4.06. The molecule has 0 saturated heterocycles. The van der Waals surface area contributed by atoms with Crippen molar-refractivity contribution >= 4 is 22.9 Å². The van der Waals surface area contributed by atoms with E-state index in [9.17, 15) is 4.79 Å². The van der Waals surface area contributed by atoms with Crippen LogP contribution in [0.25, 0.3) is 0 Å². The Bertz CT molecular complexity index is 568. The first-order valence-corrected chi connectivity index (χ1v) is 8.01. The molecule has 4 nitrogen and oxygen atoms in total. The highest BCUT2D eigenvalue weighted by Gasteiger charge is 2.15. The first-order chi connectivity index (χ1) is 10.3. The van der Waals surface area contributed by atoms with Crippen molar-refractivity contribution in [3.63, 3.8) is 0 Å². The number of rotatable bonds is 7. The number of amides is 1. The van der Waals surface area contributed by atoms with E-state index < -0.39 is 0 Å². The number of para-hydroxylation sites is 1. The summed E-state index contributed by atoms with van der Waals surface area (Å²) < 4.78 is 0. The molecule has 1 aromatic carbocycles. The van der Waals surface area contributed by atoms with Gasteiger partial charge in [0.25, 0.3) is 5.91 Å². The molecule has 2 aromatic rings. The molecule has 21 heavy (non-hydrogen) atoms. The van der Waals surface area contributed by atoms with E-state index >= 15 is 0 Å². The number of benzene rings is 1. The zero-order valence-electron chi connectivity index (χ0n) is 12.2. The predicted octanol–water partition coefficient (Wildman–Crippen LogP) is 3.16. The van der Waals surface area contributed by atoms with Gasteiger partial charge in [0, 0.05) is 18.8 Å². The highest BCUT2D eigenvalue weighted by molar-refractivity contribution is 7.12. The van der Waals surface area contributed by atoms with Gasteiger partial charge in [0.2, 0.25) is 0 Å². The zero-order valence-corrected chi connectivity index (χ0v) is 13.0. The summed E-state index contributed by atoms with van der Waals surface area (Å²) in [4.78, 5) is 14.8. The first-order valence-electron chi connectivity index (χ1n) is 7.13. The van der Waals surface area contributed by atoms with Crippen LogP contribution >= 0.6 is 11.3 Å². The number of hydrogen-bond acceptors (Lipinski definition) is 4. The number of thiophene rings is 1. The van der Waals surface area contributed by atoms with Crippen LogP contribution in [0.3, 0.4) is 0 Å². The fraction of sp³-hybridized carbons (Fsp3) is 0.312. The topological polar surface area (TPSA) is 58.4 Å². The highest BCUT2D eigenvalue weighted by atomic mass is 32.1. The normalized spacial score (nSPS) is 10.4. The molecule has 5 heteroatoms. The number of nitrogen functional groups attached to an aromatic ring is 1. The lowest BCUT2D eigenvalue weighted by atomic mass is 10.2. The lowest BCUT2D eigenvalue weighted by Gasteiger charge is -2.25. The van der Waals surface area contributed by atoms with E-state index in [0.717, 1.165) is 31.5 Å². The van der Waals surface area contributed by atoms with Gasteiger partial charge < -0.3 is 4.90 Å². The number of hydrazine groups is 1. The second-order valence-electron chi connectivity index (χ2n) is 4.86. The third-order valence-corrected chi connectivity index (χ3v) is 4.30. The van der Waals surface area contributed by atoms with E-state index in [4.69, 9.17) is 5.84 Å². The molecule has 0 spiro atoms. The average Bonchev–Trinajstić information content (AvgIpc) is 2.99. The van der Waals surface area contributed by atoms with Crippen LogP contribution in [0.1, 0.15) is 35.0 Å². The van der Waals surface area contributed by atoms with Crippen LogP contribution in [-0.4, -0.2) is 12.5 Å². The minimum Gasteiger partial charge on any atom is -0.367 e. The van der Waals surface area contributed by atoms with Gasteiger partial charge >= 0.3 is 0 Å². The predicted molar refractivity (Wildman–Crippen MR) is 88.4 cm³/mol. The minimum atomic E-state index is -0.219. The molecule has 2 rings (SSSR count). The molecule has 0 aliphatic carbocycles. The van der Waals surface area contributed by atoms with Gasteiger partial charge in [-0.15, -0.1) is 11.3 Å². The molecule has 3 N–H and O–H groups in total. The van der Waals surface area contributed by atoms with E-state index in [2.05, 4.69) is 29.4 Å². The first kappa shape index (κ1) is 15.5. The number of nitrogens with zero attached hydrogens (tertiary/aromatic N) is 1. The number of nitrogens with two attached hydrogens (primary N) is 1. The van der Waals surface area contributed by atoms with Crippen molar-refractivity contribution in [1.82, 2.24) is 5.43 Å². The number of anilines is 1. The van der Waals surface area contributed by atoms with Gasteiger partial charge in [0.15, 0.2) is 0 Å². The van der Waals surface area contributed by atoms with Gasteiger partial charge in [0.1, 0.15) is 0 Å². The molecular formula is C16H21N3OS. The lowest BCUT2D eigenvalue weighted by Crippen LogP contribution is -2.31. The van der Waals surface area contributed by atoms with Crippen LogP contribution in [0.4, 0.5) is 5.69 Å². The summed E-state index contributed by atoms with van der Waals surface area (Å²) in [7, 11) is 0. The fourth-order valence-electron chi connectivity index (χ4n) is 2.22. The molecule has 0 fully saturated rings. The van der Waals surface area contributed by atoms with Gasteiger partial charge in [-0.25, -0.2) is 5.84 Å². The number of unbranched alkanes of at least 4 members (excludes halogenated alkanes) is 1. The second kappa shape index (κ2) is 7.81. The highest BCUT2D eigenvalue weighted by Crippen LogP contribution is 2.22. The molecule has 0 saturated carbocycles. The molecule has 0 bridgehead atoms. The van der Waals surface area contributed by atoms with Crippen molar-refractivity contribution in [3.05, 3.63) is 52.2 Å². The van der Waals surface area contributed by atoms with Crippen LogP contribution in [0.5, 0.6) is 0 Å². The minimum absolute atomic E-state index is 0.219. The van der Waals surface area contributed by atoms with E-state index in [1.807, 2.05) is 29.6 Å². The summed E-state index contributed by atoms with van der Waals surface area (Å²) in [5, 5.41) is 1.93. The summed E-state index contributed by atoms with van der Waals surface area (Å²) in [6, 6.07) is 12.3. The standard InChI is InChI=1S/C16H21N3OS/c1-2-3-10-19(14-7-5-4-6-8-14)12-13-9-11-21-15(13)16(20)18-17/h4-9,11H,2-3,10,12,17H2,1H3,(H,18,20). The van der Waals surface area contributed by atoms with Gasteiger partial charge in [-0.05, 0) is 35.6 Å². The number of hydrogen-bond donors (Lipinski definition) is 2. The Labute approximate surface area is 129 Å². The second-order valence-corrected chi connectivity index (χ2v) is 5.78. The van der Waals surface area contributed by atoms with Gasteiger partial charge in [-0.2, -0.15) is 0 Å². The SMILES string of the molecule is CCCCN(Cc1ccsc1C(=O)NN)c1ccccc1. The molecular weight excluding hydrogens is 282 g/mol. The van der Waals surface area contributed by atoms with Crippen LogP contribution in [0.2, 0.25) is 0 Å². The van der Waals surface area contributed by atoms with Gasteiger partial charge in [-0.1, -0.05) is 31.5 Å². The maximum absolute atomic E-state index is 11.8. The molecule has 0 unspecified atom stereocenters. The Hall–Kier alpha value is -1.85. The van der Waals surface area contributed by atoms with E-state index in [1.165, 1.54) is 17.0 Å². The van der Waals surface area contributed by atoms with E-state index in [0.29, 0.717) is 4.88 Å². The van der Waals surface area contributed by atoms with Crippen molar-refractivity contribution < 1.29 is 4.79 Å². The maximum Gasteiger partial charge on any atom is 0.275 e. The molecule has 1 heterocycles. The van der Waals surface area contributed by atoms with Crippen LogP contribution in [0, 0.1) is 0 Å². The Morgan fingerprint density at radius 2 is 2.05 bits per heavy atom. The van der Waals surface area contributed by atoms with E-state index in [-0.39, 0.29) is 5.91 Å². The van der Waals surface area contributed by atoms with Crippen molar-refractivity contribution in [3.8, 4) is 0 Å². The van der Waals surface area contributed by atoms with Crippen molar-refractivity contribution in [2.45, 2.75) is 26.3 Å². The number of carbonyl (C=O) groups excluding carboxylic acids is 1. The molecule has 1 amide bonds. The largest absolute Gasteiger partial charge is 0.367 e. The van der Waals surface area contributed by atoms with Crippen LogP contribution in [-0.2, 0) is 6.54 Å². The Balaban J connectivity index is 2.19. The van der Waals surface area contributed by atoms with Crippen LogP contribution < -0.4 is 16.2 Å². The van der Waals surface area contributed by atoms with Crippen LogP contribution in [0.15, 0.2) is 41.8 Å². The average molecular weight is 303 g/mol. The fourth-order valence-corrected chi connectivity index (χ4v) is 3.04. The summed E-state index contributed by atoms with van der Waals surface area (Å²) >= 11 is 1.42. The summed E-state index contributed by atoms with van der Waals surface area (Å²) in [6.07, 6.45) is 2.26.